The van der Waals surface area contributed by atoms with Crippen molar-refractivity contribution in [2.24, 2.45) is 0 Å². The number of amides is 1. The maximum atomic E-state index is 13.0. The average molecular weight is 373 g/mol. The van der Waals surface area contributed by atoms with Gasteiger partial charge in [-0.2, -0.15) is 0 Å². The number of nitrogens with one attached hydrogen (secondary N) is 1. The smallest absolute Gasteiger partial charge is 0.302 e. The van der Waals surface area contributed by atoms with E-state index in [9.17, 15) is 24.6 Å². The molecule has 0 fully saturated rings. The van der Waals surface area contributed by atoms with E-state index in [1.165, 1.54) is 37.3 Å². The highest BCUT2D eigenvalue weighted by Gasteiger charge is 2.57. The highest BCUT2D eigenvalue weighted by Crippen LogP contribution is 2.44. The first kappa shape index (κ1) is 18.7. The van der Waals surface area contributed by atoms with Crippen LogP contribution in [-0.2, 0) is 14.3 Å². The maximum Gasteiger partial charge on any atom is 0.302 e. The largest absolute Gasteiger partial charge is 0.507 e. The van der Waals surface area contributed by atoms with Crippen molar-refractivity contribution in [2.75, 3.05) is 13.2 Å². The monoisotopic (exact) mass is 373 g/mol. The number of fused-ring (bicyclic) bond motifs is 2. The third-order valence-electron chi connectivity index (χ3n) is 4.37. The fraction of sp³-hybridized carbons (Fsp3) is 0.316. The second kappa shape index (κ2) is 6.88. The van der Waals surface area contributed by atoms with Crippen LogP contribution in [0.2, 0.25) is 0 Å². The number of aryl methyl sites for hydroxylation is 1. The Bertz CT molecular complexity index is 886. The first-order valence-corrected chi connectivity index (χ1v) is 8.33. The Kier molecular flexibility index (Phi) is 4.75. The van der Waals surface area contributed by atoms with Gasteiger partial charge in [-0.1, -0.05) is 18.2 Å². The number of esters is 1. The standard InChI is InChI=1S/C19H19NO7/c1-10-8-13(22)16-14(9-10)27-19(18(25)20-6-7-26-11(2)21)12(17(16)24)4-3-5-15(19)23/h3-5,8-9,15,22-23H,6-7H2,1-2H3,(H,20,25)/t15-,19+/m1/s1. The lowest BCUT2D eigenvalue weighted by atomic mass is 9.76. The summed E-state index contributed by atoms with van der Waals surface area (Å²) in [5.74, 6) is -2.10. The number of carbonyl (C=O) groups is 3. The molecule has 1 aliphatic carbocycles. The molecule has 0 saturated carbocycles. The van der Waals surface area contributed by atoms with Crippen LogP contribution in [0.3, 0.4) is 0 Å². The molecule has 3 N–H and O–H groups in total. The van der Waals surface area contributed by atoms with Crippen LogP contribution in [0.1, 0.15) is 22.8 Å². The highest BCUT2D eigenvalue weighted by atomic mass is 16.5. The van der Waals surface area contributed by atoms with Crippen LogP contribution in [0.4, 0.5) is 0 Å². The molecule has 3 rings (SSSR count). The van der Waals surface area contributed by atoms with E-state index in [1.807, 2.05) is 0 Å². The van der Waals surface area contributed by atoms with E-state index in [1.54, 1.807) is 6.92 Å². The molecule has 2 atom stereocenters. The Morgan fingerprint density at radius 3 is 2.81 bits per heavy atom. The van der Waals surface area contributed by atoms with Crippen LogP contribution in [0.5, 0.6) is 11.5 Å². The number of allylic oxidation sites excluding steroid dienone is 2. The second-order valence-corrected chi connectivity index (χ2v) is 6.33. The number of hydrogen-bond donors (Lipinski definition) is 3. The molecule has 0 aromatic heterocycles. The predicted octanol–water partition coefficient (Wildman–Crippen LogP) is 0.551. The molecular formula is C19H19NO7. The number of benzene rings is 1. The lowest BCUT2D eigenvalue weighted by Crippen LogP contribution is -2.63. The van der Waals surface area contributed by atoms with Gasteiger partial charge in [-0.05, 0) is 24.6 Å². The van der Waals surface area contributed by atoms with Crippen molar-refractivity contribution in [3.8, 4) is 11.5 Å². The molecule has 0 spiro atoms. The summed E-state index contributed by atoms with van der Waals surface area (Å²) in [5, 5.41) is 23.2. The Morgan fingerprint density at radius 1 is 1.37 bits per heavy atom. The molecule has 0 bridgehead atoms. The second-order valence-electron chi connectivity index (χ2n) is 6.33. The highest BCUT2D eigenvalue weighted by molar-refractivity contribution is 6.19. The molecule has 1 amide bonds. The maximum absolute atomic E-state index is 13.0. The minimum atomic E-state index is -1.99. The van der Waals surface area contributed by atoms with Crippen LogP contribution in [0, 0.1) is 6.92 Å². The van der Waals surface area contributed by atoms with Gasteiger partial charge in [-0.15, -0.1) is 0 Å². The molecule has 0 unspecified atom stereocenters. The SMILES string of the molecule is CC(=O)OCCNC(=O)[C@]12Oc3cc(C)cc(O)c3C(=O)C1=CC=C[C@H]2O. The Morgan fingerprint density at radius 2 is 2.11 bits per heavy atom. The van der Waals surface area contributed by atoms with Crippen LogP contribution in [0.25, 0.3) is 0 Å². The molecule has 27 heavy (non-hydrogen) atoms. The molecule has 0 saturated heterocycles. The summed E-state index contributed by atoms with van der Waals surface area (Å²) in [4.78, 5) is 36.7. The molecule has 8 heteroatoms. The Balaban J connectivity index is 1.99. The zero-order valence-corrected chi connectivity index (χ0v) is 14.8. The van der Waals surface area contributed by atoms with Gasteiger partial charge in [0.05, 0.1) is 12.1 Å². The predicted molar refractivity (Wildman–Crippen MR) is 93.4 cm³/mol. The number of aromatic hydroxyl groups is 1. The number of rotatable bonds is 4. The van der Waals surface area contributed by atoms with E-state index in [2.05, 4.69) is 5.32 Å². The lowest BCUT2D eigenvalue weighted by molar-refractivity contribution is -0.144. The molecule has 142 valence electrons. The number of Topliss-reactive ketones (excluding diaryl/α,β-unsaturated/α-hetero) is 1. The van der Waals surface area contributed by atoms with Crippen LogP contribution >= 0.6 is 0 Å². The topological polar surface area (TPSA) is 122 Å². The molecule has 1 aliphatic heterocycles. The molecule has 8 nitrogen and oxygen atoms in total. The number of aliphatic hydroxyl groups is 1. The van der Waals surface area contributed by atoms with Crippen molar-refractivity contribution in [3.05, 3.63) is 47.1 Å². The summed E-state index contributed by atoms with van der Waals surface area (Å²) in [7, 11) is 0. The number of ketones is 1. The number of aliphatic hydroxyl groups excluding tert-OH is 1. The van der Waals surface area contributed by atoms with E-state index in [-0.39, 0.29) is 35.8 Å². The van der Waals surface area contributed by atoms with Gasteiger partial charge in [0.2, 0.25) is 11.4 Å². The summed E-state index contributed by atoms with van der Waals surface area (Å²) in [5.41, 5.74) is -1.51. The molecule has 2 aliphatic rings. The fourth-order valence-electron chi connectivity index (χ4n) is 3.18. The van der Waals surface area contributed by atoms with Crippen LogP contribution in [0.15, 0.2) is 35.9 Å². The summed E-state index contributed by atoms with van der Waals surface area (Å²) in [6, 6.07) is 2.94. The van der Waals surface area contributed by atoms with Crippen molar-refractivity contribution in [3.63, 3.8) is 0 Å². The van der Waals surface area contributed by atoms with Crippen molar-refractivity contribution >= 4 is 17.7 Å². The van der Waals surface area contributed by atoms with Crippen molar-refractivity contribution < 1.29 is 34.1 Å². The normalized spacial score (nSPS) is 22.9. The van der Waals surface area contributed by atoms with E-state index in [4.69, 9.17) is 9.47 Å². The van der Waals surface area contributed by atoms with E-state index in [0.29, 0.717) is 5.56 Å². The van der Waals surface area contributed by atoms with Gasteiger partial charge >= 0.3 is 5.97 Å². The lowest BCUT2D eigenvalue weighted by Gasteiger charge is -2.41. The molecule has 1 aromatic carbocycles. The van der Waals surface area contributed by atoms with Crippen LogP contribution < -0.4 is 10.1 Å². The average Bonchev–Trinajstić information content (AvgIpc) is 2.58. The number of ether oxygens (including phenoxy) is 2. The Hall–Kier alpha value is -3.13. The minimum Gasteiger partial charge on any atom is -0.507 e. The summed E-state index contributed by atoms with van der Waals surface area (Å²) >= 11 is 0. The molecule has 1 aromatic rings. The third kappa shape index (κ3) is 3.08. The Labute approximate surface area is 155 Å². The third-order valence-corrected chi connectivity index (χ3v) is 4.37. The summed E-state index contributed by atoms with van der Waals surface area (Å²) in [6.45, 7) is 2.86. The van der Waals surface area contributed by atoms with Crippen molar-refractivity contribution in [2.45, 2.75) is 25.6 Å². The van der Waals surface area contributed by atoms with Gasteiger partial charge in [-0.3, -0.25) is 14.4 Å². The molecule has 0 radical (unpaired) electrons. The van der Waals surface area contributed by atoms with Gasteiger partial charge in [0.1, 0.15) is 29.8 Å². The van der Waals surface area contributed by atoms with Crippen molar-refractivity contribution in [1.29, 1.82) is 0 Å². The van der Waals surface area contributed by atoms with Gasteiger partial charge in [0, 0.05) is 6.92 Å². The molecule has 1 heterocycles. The van der Waals surface area contributed by atoms with E-state index < -0.39 is 29.4 Å². The molecular weight excluding hydrogens is 354 g/mol. The van der Waals surface area contributed by atoms with Gasteiger partial charge in [0.15, 0.2) is 0 Å². The van der Waals surface area contributed by atoms with Gasteiger partial charge in [-0.25, -0.2) is 0 Å². The number of phenols is 1. The summed E-state index contributed by atoms with van der Waals surface area (Å²) < 4.78 is 10.6. The number of phenolic OH excluding ortho intramolecular Hbond substituents is 1. The van der Waals surface area contributed by atoms with Gasteiger partial charge in [0.25, 0.3) is 5.91 Å². The van der Waals surface area contributed by atoms with E-state index in [0.717, 1.165) is 0 Å². The summed E-state index contributed by atoms with van der Waals surface area (Å²) in [6.07, 6.45) is 2.74. The number of carbonyl (C=O) groups excluding carboxylic acids is 3. The van der Waals surface area contributed by atoms with Gasteiger partial charge < -0.3 is 25.0 Å². The zero-order chi connectivity index (χ0) is 19.8. The minimum absolute atomic E-state index is 0.0131. The zero-order valence-electron chi connectivity index (χ0n) is 14.8. The fourth-order valence-corrected chi connectivity index (χ4v) is 3.18. The quantitative estimate of drug-likeness (QED) is 0.520. The van der Waals surface area contributed by atoms with Crippen LogP contribution in [-0.4, -0.2) is 52.7 Å². The van der Waals surface area contributed by atoms with Crippen molar-refractivity contribution in [1.82, 2.24) is 5.32 Å². The first-order chi connectivity index (χ1) is 12.8. The number of hydrogen-bond acceptors (Lipinski definition) is 7. The van der Waals surface area contributed by atoms with E-state index >= 15 is 0 Å². The first-order valence-electron chi connectivity index (χ1n) is 8.33.